The van der Waals surface area contributed by atoms with Crippen molar-refractivity contribution in [1.29, 1.82) is 0 Å². The Morgan fingerprint density at radius 3 is 2.97 bits per heavy atom. The molecular formula is C24H28N6O3S2. The zero-order valence-electron chi connectivity index (χ0n) is 19.7. The van der Waals surface area contributed by atoms with Gasteiger partial charge in [0.2, 0.25) is 5.91 Å². The molecule has 3 aromatic heterocycles. The summed E-state index contributed by atoms with van der Waals surface area (Å²) in [5.41, 5.74) is 4.98. The van der Waals surface area contributed by atoms with Crippen LogP contribution in [0.2, 0.25) is 0 Å². The maximum Gasteiger partial charge on any atom is 0.220 e. The minimum absolute atomic E-state index is 0.0340. The molecule has 1 aliphatic carbocycles. The summed E-state index contributed by atoms with van der Waals surface area (Å²) in [6, 6.07) is 6.13. The van der Waals surface area contributed by atoms with E-state index in [2.05, 4.69) is 36.6 Å². The van der Waals surface area contributed by atoms with Gasteiger partial charge in [0.25, 0.3) is 0 Å². The van der Waals surface area contributed by atoms with Crippen LogP contribution in [-0.2, 0) is 27.5 Å². The third-order valence-electron chi connectivity index (χ3n) is 6.32. The average Bonchev–Trinajstić information content (AvgIpc) is 3.35. The van der Waals surface area contributed by atoms with Crippen molar-refractivity contribution in [2.45, 2.75) is 39.0 Å². The number of anilines is 2. The fourth-order valence-electron chi connectivity index (χ4n) is 4.74. The molecule has 4 aromatic rings. The van der Waals surface area contributed by atoms with Crippen molar-refractivity contribution in [3.63, 3.8) is 0 Å². The van der Waals surface area contributed by atoms with Gasteiger partial charge in [-0.05, 0) is 62.3 Å². The Bertz CT molecular complexity index is 1510. The number of H-pyrrole nitrogens is 1. The Hall–Kier alpha value is -3.05. The Morgan fingerprint density at radius 2 is 2.14 bits per heavy atom. The van der Waals surface area contributed by atoms with Crippen molar-refractivity contribution in [2.75, 3.05) is 23.9 Å². The van der Waals surface area contributed by atoms with Gasteiger partial charge in [0, 0.05) is 30.6 Å². The number of sulfone groups is 1. The molecule has 11 heteroatoms. The molecular weight excluding hydrogens is 484 g/mol. The quantitative estimate of drug-likeness (QED) is 0.307. The van der Waals surface area contributed by atoms with Crippen LogP contribution in [0, 0.1) is 12.8 Å². The zero-order chi connectivity index (χ0) is 24.6. The molecule has 9 nitrogen and oxygen atoms in total. The largest absolute Gasteiger partial charge is 0.356 e. The number of carbonyl (C=O) groups is 1. The van der Waals surface area contributed by atoms with Crippen LogP contribution >= 0.6 is 11.3 Å². The normalized spacial score (nSPS) is 15.9. The van der Waals surface area contributed by atoms with E-state index in [1.54, 1.807) is 17.7 Å². The van der Waals surface area contributed by atoms with Gasteiger partial charge in [-0.1, -0.05) is 0 Å². The molecule has 1 aromatic carbocycles. The average molecular weight is 513 g/mol. The topological polar surface area (TPSA) is 130 Å². The Morgan fingerprint density at radius 1 is 1.29 bits per heavy atom. The van der Waals surface area contributed by atoms with E-state index in [-0.39, 0.29) is 17.6 Å². The van der Waals surface area contributed by atoms with Crippen LogP contribution in [0.25, 0.3) is 21.3 Å². The second kappa shape index (κ2) is 9.54. The smallest absolute Gasteiger partial charge is 0.220 e. The molecule has 0 aliphatic heterocycles. The van der Waals surface area contributed by atoms with Crippen molar-refractivity contribution in [2.24, 2.45) is 5.92 Å². The molecule has 1 atom stereocenters. The highest BCUT2D eigenvalue weighted by molar-refractivity contribution is 7.90. The number of rotatable bonds is 8. The lowest BCUT2D eigenvalue weighted by atomic mass is 9.84. The van der Waals surface area contributed by atoms with Gasteiger partial charge in [0.15, 0.2) is 0 Å². The number of hydrogen-bond acceptors (Lipinski definition) is 8. The number of amides is 1. The first kappa shape index (κ1) is 23.7. The van der Waals surface area contributed by atoms with Gasteiger partial charge < -0.3 is 15.6 Å². The van der Waals surface area contributed by atoms with Crippen LogP contribution in [0.1, 0.15) is 35.5 Å². The predicted molar refractivity (Wildman–Crippen MR) is 139 cm³/mol. The number of aromatic nitrogens is 4. The van der Waals surface area contributed by atoms with Gasteiger partial charge in [-0.2, -0.15) is 0 Å². The van der Waals surface area contributed by atoms with Crippen LogP contribution in [0.3, 0.4) is 0 Å². The summed E-state index contributed by atoms with van der Waals surface area (Å²) >= 11 is 1.67. The number of aryl methyl sites for hydroxylation is 2. The van der Waals surface area contributed by atoms with Crippen molar-refractivity contribution < 1.29 is 13.2 Å². The van der Waals surface area contributed by atoms with Crippen LogP contribution < -0.4 is 10.6 Å². The van der Waals surface area contributed by atoms with Crippen LogP contribution in [0.15, 0.2) is 24.5 Å². The summed E-state index contributed by atoms with van der Waals surface area (Å²) in [6.07, 6.45) is 6.13. The summed E-state index contributed by atoms with van der Waals surface area (Å²) in [6.45, 7) is 2.38. The lowest BCUT2D eigenvalue weighted by Gasteiger charge is -2.22. The first-order valence-electron chi connectivity index (χ1n) is 11.7. The number of nitrogens with zero attached hydrogens (tertiary/aromatic N) is 3. The molecule has 0 radical (unpaired) electrons. The standard InChI is InChI=1S/C24H28N6O3S2/c1-14-28-19-12-16(5-7-20(19)34-14)29-23-22-17-10-15(4-6-18(17)30-24(22)27-13-26-23)11-21(31)25-8-3-9-35(2,32)33/h5,7,12-13,15H,3-4,6,8-11H2,1-2H3,(H,25,31)(H2,26,27,29,30). The van der Waals surface area contributed by atoms with Gasteiger partial charge in [-0.3, -0.25) is 4.79 Å². The number of hydrogen-bond donors (Lipinski definition) is 3. The fourth-order valence-corrected chi connectivity index (χ4v) is 6.21. The molecule has 5 rings (SSSR count). The molecule has 0 saturated carbocycles. The molecule has 184 valence electrons. The number of nitrogens with one attached hydrogen (secondary N) is 3. The minimum atomic E-state index is -3.01. The highest BCUT2D eigenvalue weighted by atomic mass is 32.2. The third-order valence-corrected chi connectivity index (χ3v) is 8.31. The molecule has 1 aliphatic rings. The molecule has 3 heterocycles. The molecule has 0 bridgehead atoms. The zero-order valence-corrected chi connectivity index (χ0v) is 21.4. The molecule has 3 N–H and O–H groups in total. The van der Waals surface area contributed by atoms with Crippen molar-refractivity contribution in [3.05, 3.63) is 40.8 Å². The van der Waals surface area contributed by atoms with Crippen molar-refractivity contribution in [1.82, 2.24) is 25.3 Å². The van der Waals surface area contributed by atoms with E-state index < -0.39 is 9.84 Å². The summed E-state index contributed by atoms with van der Waals surface area (Å²) in [7, 11) is -3.01. The number of aromatic amines is 1. The molecule has 0 spiro atoms. The Labute approximate surface area is 207 Å². The number of fused-ring (bicyclic) bond motifs is 4. The summed E-state index contributed by atoms with van der Waals surface area (Å²) in [5.74, 6) is 0.997. The highest BCUT2D eigenvalue weighted by Gasteiger charge is 2.26. The first-order chi connectivity index (χ1) is 16.7. The van der Waals surface area contributed by atoms with E-state index in [0.29, 0.717) is 19.4 Å². The van der Waals surface area contributed by atoms with Gasteiger partial charge in [0.1, 0.15) is 27.6 Å². The lowest BCUT2D eigenvalue weighted by molar-refractivity contribution is -0.122. The monoisotopic (exact) mass is 512 g/mol. The maximum atomic E-state index is 12.5. The molecule has 0 saturated heterocycles. The molecule has 1 unspecified atom stereocenters. The summed E-state index contributed by atoms with van der Waals surface area (Å²) in [5, 5.41) is 8.32. The summed E-state index contributed by atoms with van der Waals surface area (Å²) < 4.78 is 23.7. The molecule has 1 amide bonds. The van der Waals surface area contributed by atoms with E-state index in [9.17, 15) is 13.2 Å². The van der Waals surface area contributed by atoms with Crippen molar-refractivity contribution >= 4 is 59.8 Å². The van der Waals surface area contributed by atoms with E-state index in [1.165, 1.54) is 6.26 Å². The molecule has 0 fully saturated rings. The van der Waals surface area contributed by atoms with E-state index >= 15 is 0 Å². The van der Waals surface area contributed by atoms with Crippen molar-refractivity contribution in [3.8, 4) is 0 Å². The third kappa shape index (κ3) is 5.46. The minimum Gasteiger partial charge on any atom is -0.356 e. The summed E-state index contributed by atoms with van der Waals surface area (Å²) in [4.78, 5) is 29.5. The molecule has 35 heavy (non-hydrogen) atoms. The van der Waals surface area contributed by atoms with Gasteiger partial charge in [0.05, 0.1) is 26.4 Å². The van der Waals surface area contributed by atoms with E-state index in [4.69, 9.17) is 0 Å². The number of thiazole rings is 1. The van der Waals surface area contributed by atoms with E-state index in [1.807, 2.05) is 19.1 Å². The van der Waals surface area contributed by atoms with Crippen LogP contribution in [-0.4, -0.2) is 52.8 Å². The Balaban J connectivity index is 1.31. The predicted octanol–water partition coefficient (Wildman–Crippen LogP) is 3.67. The SMILES string of the molecule is Cc1nc2cc(Nc3ncnc4[nH]c5c(c34)CC(CC(=O)NCCCS(C)(=O)=O)CC5)ccc2s1. The van der Waals surface area contributed by atoms with E-state index in [0.717, 1.165) is 68.3 Å². The van der Waals surface area contributed by atoms with Gasteiger partial charge >= 0.3 is 0 Å². The second-order valence-electron chi connectivity index (χ2n) is 9.21. The fraction of sp³-hybridized carbons (Fsp3) is 0.417. The first-order valence-corrected chi connectivity index (χ1v) is 14.6. The lowest BCUT2D eigenvalue weighted by Crippen LogP contribution is -2.29. The van der Waals surface area contributed by atoms with Gasteiger partial charge in [-0.25, -0.2) is 23.4 Å². The number of carbonyl (C=O) groups excluding carboxylic acids is 1. The second-order valence-corrected chi connectivity index (χ2v) is 12.7. The Kier molecular flexibility index (Phi) is 6.45. The van der Waals surface area contributed by atoms with Gasteiger partial charge in [-0.15, -0.1) is 11.3 Å². The van der Waals surface area contributed by atoms with Crippen LogP contribution in [0.5, 0.6) is 0 Å². The maximum absolute atomic E-state index is 12.5. The highest BCUT2D eigenvalue weighted by Crippen LogP contribution is 2.36. The van der Waals surface area contributed by atoms with Crippen LogP contribution in [0.4, 0.5) is 11.5 Å². The number of benzene rings is 1.